The first-order valence-electron chi connectivity index (χ1n) is 6.23. The van der Waals surface area contributed by atoms with Crippen molar-refractivity contribution >= 4 is 21.9 Å². The number of hydrogen-bond acceptors (Lipinski definition) is 2. The molecule has 0 radical (unpaired) electrons. The molecule has 4 rings (SSSR count). The monoisotopic (exact) mass is 245 g/mol. The van der Waals surface area contributed by atoms with E-state index in [1.165, 1.54) is 22.9 Å². The molecule has 90 valence electrons. The molecule has 4 aromatic rings. The Hall–Kier alpha value is -2.61. The third-order valence-corrected chi connectivity index (χ3v) is 3.42. The molecule has 0 aliphatic rings. The van der Waals surface area contributed by atoms with Gasteiger partial charge in [0.2, 0.25) is 0 Å². The molecule has 0 saturated carbocycles. The van der Waals surface area contributed by atoms with Gasteiger partial charge in [0.15, 0.2) is 12.0 Å². The third kappa shape index (κ3) is 1.61. The van der Waals surface area contributed by atoms with E-state index in [2.05, 4.69) is 53.5 Å². The van der Waals surface area contributed by atoms with Crippen molar-refractivity contribution in [2.75, 3.05) is 0 Å². The maximum atomic E-state index is 5.51. The number of rotatable bonds is 1. The standard InChI is InChI=1S/C17H11NO/c1-2-4-12(5-3-1)14-7-6-13-8-9-16-17(15(13)10-14)19-11-18-16/h1-11H. The van der Waals surface area contributed by atoms with Crippen LogP contribution in [0.2, 0.25) is 0 Å². The number of hydrogen-bond donors (Lipinski definition) is 0. The predicted octanol–water partition coefficient (Wildman–Crippen LogP) is 4.65. The fraction of sp³-hybridized carbons (Fsp3) is 0. The van der Waals surface area contributed by atoms with Crippen LogP contribution in [0, 0.1) is 0 Å². The van der Waals surface area contributed by atoms with Crippen LogP contribution in [0.4, 0.5) is 0 Å². The van der Waals surface area contributed by atoms with Crippen LogP contribution in [0.25, 0.3) is 33.0 Å². The van der Waals surface area contributed by atoms with Crippen LogP contribution in [-0.4, -0.2) is 4.98 Å². The number of nitrogens with zero attached hydrogens (tertiary/aromatic N) is 1. The van der Waals surface area contributed by atoms with Crippen molar-refractivity contribution in [3.05, 3.63) is 67.1 Å². The van der Waals surface area contributed by atoms with Gasteiger partial charge in [-0.05, 0) is 28.6 Å². The summed E-state index contributed by atoms with van der Waals surface area (Å²) in [6.07, 6.45) is 1.50. The Morgan fingerprint density at radius 1 is 0.789 bits per heavy atom. The zero-order chi connectivity index (χ0) is 12.7. The molecule has 0 atom stereocenters. The molecule has 1 aromatic heterocycles. The first-order valence-corrected chi connectivity index (χ1v) is 6.23. The summed E-state index contributed by atoms with van der Waals surface area (Å²) in [4.78, 5) is 4.20. The fourth-order valence-electron chi connectivity index (χ4n) is 2.45. The van der Waals surface area contributed by atoms with Crippen LogP contribution in [0.1, 0.15) is 0 Å². The first-order chi connectivity index (χ1) is 9.42. The van der Waals surface area contributed by atoms with Crippen molar-refractivity contribution in [3.8, 4) is 11.1 Å². The molecule has 1 heterocycles. The fourth-order valence-corrected chi connectivity index (χ4v) is 2.45. The quantitative estimate of drug-likeness (QED) is 0.488. The second-order valence-corrected chi connectivity index (χ2v) is 4.57. The number of fused-ring (bicyclic) bond motifs is 3. The van der Waals surface area contributed by atoms with Gasteiger partial charge in [-0.2, -0.15) is 0 Å². The van der Waals surface area contributed by atoms with E-state index in [1.54, 1.807) is 0 Å². The van der Waals surface area contributed by atoms with E-state index in [1.807, 2.05) is 12.1 Å². The Kier molecular flexibility index (Phi) is 2.15. The Balaban J connectivity index is 2.04. The van der Waals surface area contributed by atoms with Crippen LogP contribution in [0.5, 0.6) is 0 Å². The lowest BCUT2D eigenvalue weighted by molar-refractivity contribution is 0.605. The van der Waals surface area contributed by atoms with Crippen LogP contribution >= 0.6 is 0 Å². The summed E-state index contributed by atoms with van der Waals surface area (Å²) in [5.41, 5.74) is 4.16. The highest BCUT2D eigenvalue weighted by molar-refractivity contribution is 6.04. The minimum absolute atomic E-state index is 0.857. The topological polar surface area (TPSA) is 26.0 Å². The second-order valence-electron chi connectivity index (χ2n) is 4.57. The van der Waals surface area contributed by atoms with Gasteiger partial charge in [0.1, 0.15) is 5.52 Å². The minimum Gasteiger partial charge on any atom is -0.443 e. The van der Waals surface area contributed by atoms with Gasteiger partial charge in [0.05, 0.1) is 0 Å². The summed E-state index contributed by atoms with van der Waals surface area (Å²) in [7, 11) is 0. The lowest BCUT2D eigenvalue weighted by Gasteiger charge is -2.04. The van der Waals surface area contributed by atoms with E-state index < -0.39 is 0 Å². The van der Waals surface area contributed by atoms with Crippen LogP contribution < -0.4 is 0 Å². The molecule has 0 aliphatic heterocycles. The summed E-state index contributed by atoms with van der Waals surface area (Å²) in [6.45, 7) is 0. The molecule has 0 spiro atoms. The average molecular weight is 245 g/mol. The largest absolute Gasteiger partial charge is 0.443 e. The highest BCUT2D eigenvalue weighted by Crippen LogP contribution is 2.29. The van der Waals surface area contributed by atoms with Gasteiger partial charge >= 0.3 is 0 Å². The van der Waals surface area contributed by atoms with Gasteiger partial charge in [-0.25, -0.2) is 4.98 Å². The summed E-state index contributed by atoms with van der Waals surface area (Å²) in [5.74, 6) is 0. The van der Waals surface area contributed by atoms with Crippen molar-refractivity contribution in [2.45, 2.75) is 0 Å². The van der Waals surface area contributed by atoms with Gasteiger partial charge in [0.25, 0.3) is 0 Å². The van der Waals surface area contributed by atoms with E-state index >= 15 is 0 Å². The van der Waals surface area contributed by atoms with E-state index in [-0.39, 0.29) is 0 Å². The van der Waals surface area contributed by atoms with E-state index in [0.717, 1.165) is 16.5 Å². The van der Waals surface area contributed by atoms with Crippen LogP contribution in [0.15, 0.2) is 71.5 Å². The SMILES string of the molecule is c1ccc(-c2ccc3ccc4ncoc4c3c2)cc1. The van der Waals surface area contributed by atoms with Gasteiger partial charge in [0, 0.05) is 5.39 Å². The van der Waals surface area contributed by atoms with E-state index in [0.29, 0.717) is 0 Å². The van der Waals surface area contributed by atoms with Crippen molar-refractivity contribution < 1.29 is 4.42 Å². The van der Waals surface area contributed by atoms with E-state index in [4.69, 9.17) is 4.42 Å². The van der Waals surface area contributed by atoms with Crippen LogP contribution in [0.3, 0.4) is 0 Å². The molecular formula is C17H11NO. The Bertz CT molecular complexity index is 862. The van der Waals surface area contributed by atoms with Crippen molar-refractivity contribution in [3.63, 3.8) is 0 Å². The zero-order valence-electron chi connectivity index (χ0n) is 10.2. The Labute approximate surface area is 110 Å². The molecule has 2 nitrogen and oxygen atoms in total. The number of oxazole rings is 1. The summed E-state index contributed by atoms with van der Waals surface area (Å²) < 4.78 is 5.51. The molecule has 0 bridgehead atoms. The zero-order valence-corrected chi connectivity index (χ0v) is 10.2. The Morgan fingerprint density at radius 2 is 1.63 bits per heavy atom. The normalized spacial score (nSPS) is 11.2. The minimum atomic E-state index is 0.857. The molecular weight excluding hydrogens is 234 g/mol. The lowest BCUT2D eigenvalue weighted by atomic mass is 10.0. The van der Waals surface area contributed by atoms with Crippen molar-refractivity contribution in [1.29, 1.82) is 0 Å². The molecule has 0 saturated heterocycles. The van der Waals surface area contributed by atoms with Crippen molar-refractivity contribution in [2.24, 2.45) is 0 Å². The molecule has 0 aliphatic carbocycles. The summed E-state index contributed by atoms with van der Waals surface area (Å²) >= 11 is 0. The van der Waals surface area contributed by atoms with E-state index in [9.17, 15) is 0 Å². The smallest absolute Gasteiger partial charge is 0.182 e. The van der Waals surface area contributed by atoms with Gasteiger partial charge in [-0.15, -0.1) is 0 Å². The average Bonchev–Trinajstić information content (AvgIpc) is 2.96. The molecule has 3 aromatic carbocycles. The number of aromatic nitrogens is 1. The molecule has 0 amide bonds. The van der Waals surface area contributed by atoms with Crippen LogP contribution in [-0.2, 0) is 0 Å². The maximum Gasteiger partial charge on any atom is 0.182 e. The lowest BCUT2D eigenvalue weighted by Crippen LogP contribution is -1.79. The highest BCUT2D eigenvalue weighted by atomic mass is 16.3. The highest BCUT2D eigenvalue weighted by Gasteiger charge is 2.06. The van der Waals surface area contributed by atoms with Crippen molar-refractivity contribution in [1.82, 2.24) is 4.98 Å². The third-order valence-electron chi connectivity index (χ3n) is 3.42. The number of benzene rings is 3. The molecule has 2 heteroatoms. The molecule has 0 unspecified atom stereocenters. The Morgan fingerprint density at radius 3 is 2.53 bits per heavy atom. The predicted molar refractivity (Wildman–Crippen MR) is 77.0 cm³/mol. The second kappa shape index (κ2) is 3.95. The molecule has 0 N–H and O–H groups in total. The summed E-state index contributed by atoms with van der Waals surface area (Å²) in [5, 5.41) is 2.28. The molecule has 19 heavy (non-hydrogen) atoms. The summed E-state index contributed by atoms with van der Waals surface area (Å²) in [6, 6.07) is 20.8. The molecule has 0 fully saturated rings. The van der Waals surface area contributed by atoms with Gasteiger partial charge in [-0.3, -0.25) is 0 Å². The van der Waals surface area contributed by atoms with Gasteiger partial charge in [-0.1, -0.05) is 48.5 Å². The maximum absolute atomic E-state index is 5.51. The van der Waals surface area contributed by atoms with Gasteiger partial charge < -0.3 is 4.42 Å². The first kappa shape index (κ1) is 10.3.